The number of carbonyl (C=O) groups is 2. The van der Waals surface area contributed by atoms with Crippen molar-refractivity contribution in [3.63, 3.8) is 0 Å². The molecule has 1 aromatic rings. The molecule has 2 N–H and O–H groups in total. The molecule has 2 amide bonds. The molecule has 1 aromatic carbocycles. The average molecular weight is 325 g/mol. The van der Waals surface area contributed by atoms with E-state index in [1.807, 2.05) is 13.0 Å². The summed E-state index contributed by atoms with van der Waals surface area (Å²) in [5.41, 5.74) is 0.625. The van der Waals surface area contributed by atoms with Gasteiger partial charge in [-0.25, -0.2) is 0 Å². The molecule has 120 valence electrons. The number of ether oxygens (including phenoxy) is 1. The number of aryl methyl sites for hydroxylation is 1. The Kier molecular flexibility index (Phi) is 5.42. The first-order valence-corrected chi connectivity index (χ1v) is 7.72. The molecule has 1 aliphatic carbocycles. The molecule has 22 heavy (non-hydrogen) atoms. The van der Waals surface area contributed by atoms with E-state index < -0.39 is 5.41 Å². The quantitative estimate of drug-likeness (QED) is 0.598. The SMILES string of the molecule is COCCCNC(=O)C1(C(=O)Nc2ccc(C)c(Cl)c2)CC1. The zero-order valence-electron chi connectivity index (χ0n) is 12.9. The van der Waals surface area contributed by atoms with Gasteiger partial charge in [-0.15, -0.1) is 0 Å². The van der Waals surface area contributed by atoms with Crippen LogP contribution in [-0.2, 0) is 14.3 Å². The number of halogens is 1. The van der Waals surface area contributed by atoms with E-state index in [1.54, 1.807) is 19.2 Å². The van der Waals surface area contributed by atoms with Crippen molar-refractivity contribution in [2.75, 3.05) is 25.6 Å². The lowest BCUT2D eigenvalue weighted by Crippen LogP contribution is -2.40. The van der Waals surface area contributed by atoms with Crippen molar-refractivity contribution >= 4 is 29.1 Å². The van der Waals surface area contributed by atoms with Crippen LogP contribution in [0.3, 0.4) is 0 Å². The predicted octanol–water partition coefficient (Wildman–Crippen LogP) is 2.52. The summed E-state index contributed by atoms with van der Waals surface area (Å²) in [4.78, 5) is 24.6. The number of carbonyl (C=O) groups excluding carboxylic acids is 2. The summed E-state index contributed by atoms with van der Waals surface area (Å²) in [7, 11) is 1.62. The fourth-order valence-electron chi connectivity index (χ4n) is 2.19. The fourth-order valence-corrected chi connectivity index (χ4v) is 2.37. The second kappa shape index (κ2) is 7.11. The predicted molar refractivity (Wildman–Crippen MR) is 86.0 cm³/mol. The molecule has 0 bridgehead atoms. The summed E-state index contributed by atoms with van der Waals surface area (Å²) in [6, 6.07) is 5.31. The molecule has 0 aromatic heterocycles. The number of anilines is 1. The highest BCUT2D eigenvalue weighted by atomic mass is 35.5. The van der Waals surface area contributed by atoms with Gasteiger partial charge >= 0.3 is 0 Å². The third-order valence-corrected chi connectivity index (χ3v) is 4.27. The van der Waals surface area contributed by atoms with E-state index in [2.05, 4.69) is 10.6 Å². The largest absolute Gasteiger partial charge is 0.385 e. The van der Waals surface area contributed by atoms with Crippen LogP contribution in [0.5, 0.6) is 0 Å². The second-order valence-corrected chi connectivity index (χ2v) is 6.01. The fraction of sp³-hybridized carbons (Fsp3) is 0.500. The molecule has 1 saturated carbocycles. The van der Waals surface area contributed by atoms with Crippen molar-refractivity contribution in [3.8, 4) is 0 Å². The Morgan fingerprint density at radius 2 is 2.05 bits per heavy atom. The van der Waals surface area contributed by atoms with E-state index in [-0.39, 0.29) is 11.8 Å². The highest BCUT2D eigenvalue weighted by Crippen LogP contribution is 2.46. The van der Waals surface area contributed by atoms with Crippen molar-refractivity contribution in [1.82, 2.24) is 5.32 Å². The van der Waals surface area contributed by atoms with Crippen LogP contribution in [0.4, 0.5) is 5.69 Å². The first kappa shape index (κ1) is 16.8. The van der Waals surface area contributed by atoms with Gasteiger partial charge in [-0.1, -0.05) is 17.7 Å². The van der Waals surface area contributed by atoms with Crippen molar-refractivity contribution < 1.29 is 14.3 Å². The summed E-state index contributed by atoms with van der Waals surface area (Å²) < 4.78 is 4.93. The standard InChI is InChI=1S/C16H21ClN2O3/c1-11-4-5-12(10-13(11)17)19-15(21)16(6-7-16)14(20)18-8-3-9-22-2/h4-5,10H,3,6-9H2,1-2H3,(H,18,20)(H,19,21). The Balaban J connectivity index is 1.93. The number of hydrogen-bond acceptors (Lipinski definition) is 3. The van der Waals surface area contributed by atoms with Gasteiger partial charge in [0.1, 0.15) is 5.41 Å². The molecule has 1 aliphatic rings. The maximum absolute atomic E-state index is 12.4. The Morgan fingerprint density at radius 1 is 1.32 bits per heavy atom. The molecular weight excluding hydrogens is 304 g/mol. The zero-order chi connectivity index (χ0) is 16.2. The van der Waals surface area contributed by atoms with Gasteiger partial charge in [0.15, 0.2) is 0 Å². The van der Waals surface area contributed by atoms with E-state index in [0.717, 1.165) is 12.0 Å². The molecule has 0 heterocycles. The van der Waals surface area contributed by atoms with Crippen LogP contribution >= 0.6 is 11.6 Å². The zero-order valence-corrected chi connectivity index (χ0v) is 13.6. The number of hydrogen-bond donors (Lipinski definition) is 2. The molecule has 6 heteroatoms. The van der Waals surface area contributed by atoms with Crippen molar-refractivity contribution in [3.05, 3.63) is 28.8 Å². The second-order valence-electron chi connectivity index (χ2n) is 5.60. The molecule has 0 atom stereocenters. The van der Waals surface area contributed by atoms with Crippen LogP contribution in [0, 0.1) is 12.3 Å². The molecule has 2 rings (SSSR count). The van der Waals surface area contributed by atoms with Gasteiger partial charge in [-0.3, -0.25) is 9.59 Å². The maximum Gasteiger partial charge on any atom is 0.240 e. The van der Waals surface area contributed by atoms with Crippen molar-refractivity contribution in [1.29, 1.82) is 0 Å². The monoisotopic (exact) mass is 324 g/mol. The maximum atomic E-state index is 12.4. The molecule has 0 radical (unpaired) electrons. The summed E-state index contributed by atoms with van der Waals surface area (Å²) in [6.07, 6.45) is 1.89. The number of methoxy groups -OCH3 is 1. The summed E-state index contributed by atoms with van der Waals surface area (Å²) in [5.74, 6) is -0.476. The van der Waals surface area contributed by atoms with Gasteiger partial charge < -0.3 is 15.4 Å². The van der Waals surface area contributed by atoms with Crippen molar-refractivity contribution in [2.45, 2.75) is 26.2 Å². The summed E-state index contributed by atoms with van der Waals surface area (Å²) in [5, 5.41) is 6.18. The van der Waals surface area contributed by atoms with Gasteiger partial charge in [0.2, 0.25) is 11.8 Å². The van der Waals surface area contributed by atoms with E-state index >= 15 is 0 Å². The third kappa shape index (κ3) is 3.78. The van der Waals surface area contributed by atoms with Crippen LogP contribution in [-0.4, -0.2) is 32.1 Å². The van der Waals surface area contributed by atoms with E-state index in [9.17, 15) is 9.59 Å². The van der Waals surface area contributed by atoms with Crippen LogP contribution in [0.15, 0.2) is 18.2 Å². The Labute approximate surface area is 135 Å². The highest BCUT2D eigenvalue weighted by molar-refractivity contribution is 6.31. The number of rotatable bonds is 7. The Hall–Kier alpha value is -1.59. The van der Waals surface area contributed by atoms with Crippen LogP contribution in [0.1, 0.15) is 24.8 Å². The lowest BCUT2D eigenvalue weighted by atomic mass is 10.0. The van der Waals surface area contributed by atoms with Crippen LogP contribution < -0.4 is 10.6 Å². The van der Waals surface area contributed by atoms with Gasteiger partial charge in [-0.2, -0.15) is 0 Å². The average Bonchev–Trinajstić information content (AvgIpc) is 3.29. The summed E-state index contributed by atoms with van der Waals surface area (Å²) in [6.45, 7) is 2.99. The molecule has 1 fully saturated rings. The minimum absolute atomic E-state index is 0.209. The minimum atomic E-state index is -0.926. The normalized spacial score (nSPS) is 15.2. The highest BCUT2D eigenvalue weighted by Gasteiger charge is 2.56. The molecule has 0 saturated heterocycles. The molecule has 0 spiro atoms. The summed E-state index contributed by atoms with van der Waals surface area (Å²) >= 11 is 6.05. The van der Waals surface area contributed by atoms with Crippen LogP contribution in [0.2, 0.25) is 5.02 Å². The van der Waals surface area contributed by atoms with E-state index in [0.29, 0.717) is 36.7 Å². The van der Waals surface area contributed by atoms with Gasteiger partial charge in [-0.05, 0) is 43.9 Å². The molecule has 0 aliphatic heterocycles. The van der Waals surface area contributed by atoms with E-state index in [1.165, 1.54) is 0 Å². The number of benzene rings is 1. The molecular formula is C16H21ClN2O3. The van der Waals surface area contributed by atoms with Crippen LogP contribution in [0.25, 0.3) is 0 Å². The minimum Gasteiger partial charge on any atom is -0.385 e. The van der Waals surface area contributed by atoms with E-state index in [4.69, 9.17) is 16.3 Å². The number of amides is 2. The lowest BCUT2D eigenvalue weighted by Gasteiger charge is -2.15. The first-order chi connectivity index (χ1) is 10.5. The van der Waals surface area contributed by atoms with Gasteiger partial charge in [0, 0.05) is 31.0 Å². The van der Waals surface area contributed by atoms with Crippen molar-refractivity contribution in [2.24, 2.45) is 5.41 Å². The molecule has 0 unspecified atom stereocenters. The molecule has 5 nitrogen and oxygen atoms in total. The lowest BCUT2D eigenvalue weighted by molar-refractivity contribution is -0.134. The number of nitrogens with one attached hydrogen (secondary N) is 2. The Morgan fingerprint density at radius 3 is 2.64 bits per heavy atom. The van der Waals surface area contributed by atoms with Gasteiger partial charge in [0.25, 0.3) is 0 Å². The smallest absolute Gasteiger partial charge is 0.240 e. The van der Waals surface area contributed by atoms with Gasteiger partial charge in [0.05, 0.1) is 0 Å². The topological polar surface area (TPSA) is 67.4 Å². The first-order valence-electron chi connectivity index (χ1n) is 7.34. The third-order valence-electron chi connectivity index (χ3n) is 3.86. The Bertz CT molecular complexity index is 571.